The summed E-state index contributed by atoms with van der Waals surface area (Å²) in [6, 6.07) is 1.88. The summed E-state index contributed by atoms with van der Waals surface area (Å²) in [6.45, 7) is -1.49. The standard InChI is InChI=1S/C18H25N5O8/c19-11(5-9-1-3-10(25)4-2-9)16(28)21-7-15(27)22-12(6-14(20)26)17(29)23-13(8-24)18(30)31/h1-4,11-13,24-25H,5-8,19H2,(H2,20,26)(H,21,28)(H,22,27)(H,23,29)(H,30,31). The molecule has 4 amide bonds. The topological polar surface area (TPSA) is 234 Å². The molecule has 0 saturated heterocycles. The molecule has 0 radical (unpaired) electrons. The van der Waals surface area contributed by atoms with Gasteiger partial charge in [0.15, 0.2) is 0 Å². The number of aromatic hydroxyl groups is 1. The van der Waals surface area contributed by atoms with Crippen molar-refractivity contribution in [3.05, 3.63) is 29.8 Å². The van der Waals surface area contributed by atoms with Crippen molar-refractivity contribution in [2.24, 2.45) is 11.5 Å². The highest BCUT2D eigenvalue weighted by atomic mass is 16.4. The first-order valence-corrected chi connectivity index (χ1v) is 9.06. The lowest BCUT2D eigenvalue weighted by atomic mass is 10.1. The second-order valence-corrected chi connectivity index (χ2v) is 6.57. The molecule has 0 fully saturated rings. The molecule has 13 nitrogen and oxygen atoms in total. The molecule has 0 aliphatic heterocycles. The molecular weight excluding hydrogens is 414 g/mol. The maximum Gasteiger partial charge on any atom is 0.328 e. The monoisotopic (exact) mass is 439 g/mol. The number of phenolic OH excluding ortho intramolecular Hbond substituents is 1. The highest BCUT2D eigenvalue weighted by Crippen LogP contribution is 2.10. The molecule has 0 saturated carbocycles. The van der Waals surface area contributed by atoms with Gasteiger partial charge in [0.2, 0.25) is 23.6 Å². The third-order valence-electron chi connectivity index (χ3n) is 4.01. The average Bonchev–Trinajstić information content (AvgIpc) is 2.70. The Bertz CT molecular complexity index is 814. The fourth-order valence-electron chi connectivity index (χ4n) is 2.39. The molecular formula is C18H25N5O8. The summed E-state index contributed by atoms with van der Waals surface area (Å²) in [6.07, 6.45) is -0.498. The molecule has 0 heterocycles. The summed E-state index contributed by atoms with van der Waals surface area (Å²) in [5, 5.41) is 33.5. The first-order valence-electron chi connectivity index (χ1n) is 9.06. The normalized spacial score (nSPS) is 13.4. The lowest BCUT2D eigenvalue weighted by Crippen LogP contribution is -2.55. The van der Waals surface area contributed by atoms with Crippen LogP contribution in [0.1, 0.15) is 12.0 Å². The summed E-state index contributed by atoms with van der Waals surface area (Å²) in [5.74, 6) is -4.98. The number of nitrogens with two attached hydrogens (primary N) is 2. The van der Waals surface area contributed by atoms with E-state index in [0.29, 0.717) is 5.56 Å². The van der Waals surface area contributed by atoms with E-state index >= 15 is 0 Å². The number of carboxylic acid groups (broad SMARTS) is 1. The Balaban J connectivity index is 2.61. The number of carbonyl (C=O) groups is 5. The minimum absolute atomic E-state index is 0.0571. The number of aliphatic hydroxyl groups is 1. The molecule has 0 spiro atoms. The lowest BCUT2D eigenvalue weighted by Gasteiger charge is -2.20. The van der Waals surface area contributed by atoms with Crippen molar-refractivity contribution in [3.8, 4) is 5.75 Å². The number of carboxylic acids is 1. The molecule has 3 atom stereocenters. The largest absolute Gasteiger partial charge is 0.508 e. The summed E-state index contributed by atoms with van der Waals surface area (Å²) < 4.78 is 0. The van der Waals surface area contributed by atoms with Gasteiger partial charge in [0, 0.05) is 0 Å². The van der Waals surface area contributed by atoms with Gasteiger partial charge in [-0.15, -0.1) is 0 Å². The number of aliphatic carboxylic acids is 1. The van der Waals surface area contributed by atoms with Crippen molar-refractivity contribution >= 4 is 29.6 Å². The van der Waals surface area contributed by atoms with Gasteiger partial charge in [0.1, 0.15) is 17.8 Å². The van der Waals surface area contributed by atoms with E-state index < -0.39 is 67.3 Å². The molecule has 0 aromatic heterocycles. The molecule has 1 aromatic rings. The second-order valence-electron chi connectivity index (χ2n) is 6.57. The summed E-state index contributed by atoms with van der Waals surface area (Å²) in [4.78, 5) is 58.3. The molecule has 1 rings (SSSR count). The zero-order valence-corrected chi connectivity index (χ0v) is 16.4. The van der Waals surface area contributed by atoms with Crippen LogP contribution >= 0.6 is 0 Å². The van der Waals surface area contributed by atoms with Crippen molar-refractivity contribution in [2.75, 3.05) is 13.2 Å². The first kappa shape index (κ1) is 25.3. The number of phenols is 1. The summed E-state index contributed by atoms with van der Waals surface area (Å²) in [5.41, 5.74) is 11.5. The predicted octanol–water partition coefficient (Wildman–Crippen LogP) is -3.70. The van der Waals surface area contributed by atoms with E-state index in [9.17, 15) is 29.1 Å². The van der Waals surface area contributed by atoms with Crippen LogP contribution in [0, 0.1) is 0 Å². The number of hydrogen-bond donors (Lipinski definition) is 8. The molecule has 1 aromatic carbocycles. The predicted molar refractivity (Wildman–Crippen MR) is 105 cm³/mol. The number of primary amides is 1. The Morgan fingerprint density at radius 3 is 2.10 bits per heavy atom. The molecule has 0 bridgehead atoms. The van der Waals surface area contributed by atoms with Crippen molar-refractivity contribution in [1.29, 1.82) is 0 Å². The number of amides is 4. The minimum atomic E-state index is -1.64. The molecule has 13 heteroatoms. The number of benzene rings is 1. The summed E-state index contributed by atoms with van der Waals surface area (Å²) in [7, 11) is 0. The van der Waals surface area contributed by atoms with Crippen LogP contribution < -0.4 is 27.4 Å². The van der Waals surface area contributed by atoms with Crippen molar-refractivity contribution < 1.29 is 39.3 Å². The van der Waals surface area contributed by atoms with Crippen LogP contribution in [0.5, 0.6) is 5.75 Å². The van der Waals surface area contributed by atoms with Crippen molar-refractivity contribution in [3.63, 3.8) is 0 Å². The smallest absolute Gasteiger partial charge is 0.328 e. The molecule has 0 aliphatic carbocycles. The molecule has 170 valence electrons. The Hall–Kier alpha value is -3.71. The molecule has 10 N–H and O–H groups in total. The van der Waals surface area contributed by atoms with Crippen LogP contribution in [0.3, 0.4) is 0 Å². The van der Waals surface area contributed by atoms with E-state index in [-0.39, 0.29) is 12.2 Å². The van der Waals surface area contributed by atoms with Gasteiger partial charge in [-0.25, -0.2) is 4.79 Å². The van der Waals surface area contributed by atoms with Gasteiger partial charge in [-0.2, -0.15) is 0 Å². The highest BCUT2D eigenvalue weighted by Gasteiger charge is 2.27. The van der Waals surface area contributed by atoms with E-state index in [1.807, 2.05) is 5.32 Å². The Kier molecular flexibility index (Phi) is 9.88. The number of nitrogens with one attached hydrogen (secondary N) is 3. The quantitative estimate of drug-likeness (QED) is 0.160. The third kappa shape index (κ3) is 9.10. The minimum Gasteiger partial charge on any atom is -0.508 e. The fourth-order valence-corrected chi connectivity index (χ4v) is 2.39. The van der Waals surface area contributed by atoms with Crippen LogP contribution in [0.25, 0.3) is 0 Å². The van der Waals surface area contributed by atoms with Crippen molar-refractivity contribution in [2.45, 2.75) is 31.0 Å². The van der Waals surface area contributed by atoms with E-state index in [0.717, 1.165) is 0 Å². The van der Waals surface area contributed by atoms with E-state index in [1.165, 1.54) is 12.1 Å². The maximum atomic E-state index is 12.1. The van der Waals surface area contributed by atoms with Crippen LogP contribution in [-0.4, -0.2) is 76.2 Å². The van der Waals surface area contributed by atoms with Crippen LogP contribution in [0.15, 0.2) is 24.3 Å². The number of hydrogen-bond acceptors (Lipinski definition) is 8. The van der Waals surface area contributed by atoms with E-state index in [1.54, 1.807) is 12.1 Å². The first-order chi connectivity index (χ1) is 14.5. The van der Waals surface area contributed by atoms with Crippen molar-refractivity contribution in [1.82, 2.24) is 16.0 Å². The summed E-state index contributed by atoms with van der Waals surface area (Å²) >= 11 is 0. The second kappa shape index (κ2) is 12.1. The molecule has 0 aliphatic rings. The Morgan fingerprint density at radius 1 is 0.968 bits per heavy atom. The number of rotatable bonds is 12. The van der Waals surface area contributed by atoms with Gasteiger partial charge >= 0.3 is 5.97 Å². The fraction of sp³-hybridized carbons (Fsp3) is 0.389. The lowest BCUT2D eigenvalue weighted by molar-refractivity contribution is -0.143. The molecule has 31 heavy (non-hydrogen) atoms. The van der Waals surface area contributed by atoms with Gasteiger partial charge in [-0.1, -0.05) is 12.1 Å². The van der Waals surface area contributed by atoms with Crippen LogP contribution in [-0.2, 0) is 30.4 Å². The third-order valence-corrected chi connectivity index (χ3v) is 4.01. The zero-order chi connectivity index (χ0) is 23.6. The molecule has 3 unspecified atom stereocenters. The highest BCUT2D eigenvalue weighted by molar-refractivity contribution is 5.95. The SMILES string of the molecule is NC(=O)CC(NC(=O)CNC(=O)C(N)Cc1ccc(O)cc1)C(=O)NC(CO)C(=O)O. The maximum absolute atomic E-state index is 12.1. The van der Waals surface area contributed by atoms with E-state index in [2.05, 4.69) is 10.6 Å². The Morgan fingerprint density at radius 2 is 1.58 bits per heavy atom. The average molecular weight is 439 g/mol. The van der Waals surface area contributed by atoms with Gasteiger partial charge in [0.25, 0.3) is 0 Å². The van der Waals surface area contributed by atoms with Crippen LogP contribution in [0.2, 0.25) is 0 Å². The number of aliphatic hydroxyl groups excluding tert-OH is 1. The zero-order valence-electron chi connectivity index (χ0n) is 16.4. The van der Waals surface area contributed by atoms with Gasteiger partial charge in [0.05, 0.1) is 25.6 Å². The van der Waals surface area contributed by atoms with Gasteiger partial charge < -0.3 is 42.7 Å². The van der Waals surface area contributed by atoms with E-state index in [4.69, 9.17) is 21.7 Å². The number of carbonyl (C=O) groups excluding carboxylic acids is 4. The van der Waals surface area contributed by atoms with Gasteiger partial charge in [-0.05, 0) is 24.1 Å². The van der Waals surface area contributed by atoms with Crippen LogP contribution in [0.4, 0.5) is 0 Å². The van der Waals surface area contributed by atoms with Gasteiger partial charge in [-0.3, -0.25) is 19.2 Å². The Labute approximate surface area is 176 Å².